The molecule has 2 nitrogen and oxygen atoms in total. The first kappa shape index (κ1) is 51.7. The molecule has 0 aromatic heterocycles. The van der Waals surface area contributed by atoms with Crippen molar-refractivity contribution in [2.24, 2.45) is 4.99 Å². The molecule has 11 rings (SSSR count). The smallest absolute Gasteiger partial charge is 0.147 e. The van der Waals surface area contributed by atoms with Crippen LogP contribution in [0, 0.1) is 12.1 Å². The number of nitrogens with zero attached hydrogens (tertiary/aromatic N) is 2. The average Bonchev–Trinajstić information content (AvgIpc) is 3.79. The van der Waals surface area contributed by atoms with Crippen LogP contribution in [0.15, 0.2) is 247 Å². The van der Waals surface area contributed by atoms with E-state index in [1.54, 1.807) is 0 Å². The van der Waals surface area contributed by atoms with Gasteiger partial charge in [-0.15, -0.1) is 0 Å². The minimum absolute atomic E-state index is 0.376. The van der Waals surface area contributed by atoms with E-state index in [1.807, 2.05) is 73.6 Å². The predicted molar refractivity (Wildman–Crippen MR) is 307 cm³/mol. The zero-order chi connectivity index (χ0) is 51.3. The lowest BCUT2D eigenvalue weighted by Crippen LogP contribution is -2.44. The molecule has 0 saturated carbocycles. The number of benzene rings is 7. The van der Waals surface area contributed by atoms with Crippen molar-refractivity contribution in [3.8, 4) is 22.3 Å². The minimum Gasteiger partial charge on any atom is -0.349 e. The van der Waals surface area contributed by atoms with Crippen LogP contribution < -0.4 is 0 Å². The van der Waals surface area contributed by atoms with E-state index >= 15 is 0 Å². The van der Waals surface area contributed by atoms with Gasteiger partial charge in [-0.1, -0.05) is 274 Å². The summed E-state index contributed by atoms with van der Waals surface area (Å²) in [5, 5.41) is 0. The zero-order valence-corrected chi connectivity index (χ0v) is 43.9. The van der Waals surface area contributed by atoms with E-state index in [9.17, 15) is 0 Å². The van der Waals surface area contributed by atoms with Gasteiger partial charge in [-0.3, -0.25) is 4.99 Å². The molecular formula is C70H68N2. The van der Waals surface area contributed by atoms with Gasteiger partial charge >= 0.3 is 0 Å². The molecule has 8 aromatic rings. The van der Waals surface area contributed by atoms with Gasteiger partial charge in [0.25, 0.3) is 0 Å². The van der Waals surface area contributed by atoms with Crippen LogP contribution in [0.25, 0.3) is 28.0 Å². The molecule has 0 fully saturated rings. The van der Waals surface area contributed by atoms with Crippen molar-refractivity contribution in [1.82, 2.24) is 4.90 Å². The molecule has 358 valence electrons. The van der Waals surface area contributed by atoms with E-state index in [4.69, 9.17) is 4.99 Å². The third kappa shape index (κ3) is 8.96. The molecule has 2 heteroatoms. The Morgan fingerprint density at radius 2 is 1.07 bits per heavy atom. The highest BCUT2D eigenvalue weighted by atomic mass is 15.2. The molecule has 0 spiro atoms. The number of hydrogen-bond acceptors (Lipinski definition) is 2. The topological polar surface area (TPSA) is 15.6 Å². The lowest BCUT2D eigenvalue weighted by molar-refractivity contribution is 0.369. The number of aliphatic imine (C=N–C) groups is 1. The molecule has 0 amide bonds. The van der Waals surface area contributed by atoms with Gasteiger partial charge in [0.05, 0.1) is 16.5 Å². The van der Waals surface area contributed by atoms with Crippen LogP contribution in [0.5, 0.6) is 0 Å². The highest BCUT2D eigenvalue weighted by molar-refractivity contribution is 6.01. The Morgan fingerprint density at radius 1 is 0.542 bits per heavy atom. The molecule has 3 unspecified atom stereocenters. The van der Waals surface area contributed by atoms with Crippen molar-refractivity contribution >= 4 is 11.4 Å². The second-order valence-electron chi connectivity index (χ2n) is 16.8. The van der Waals surface area contributed by atoms with Crippen molar-refractivity contribution in [1.29, 1.82) is 0 Å². The molecule has 0 saturated heterocycles. The fraction of sp³-hybridized carbons (Fsp3) is 0.186. The summed E-state index contributed by atoms with van der Waals surface area (Å²) in [5.74, 6) is 0. The van der Waals surface area contributed by atoms with E-state index in [2.05, 4.69) is 243 Å². The van der Waals surface area contributed by atoms with Crippen LogP contribution in [-0.4, -0.2) is 17.7 Å². The molecule has 0 aliphatic heterocycles. The van der Waals surface area contributed by atoms with Gasteiger partial charge in [-0.2, -0.15) is 0 Å². The molecule has 0 heterocycles. The Morgan fingerprint density at radius 3 is 1.71 bits per heavy atom. The summed E-state index contributed by atoms with van der Waals surface area (Å²) in [5.41, 5.74) is 24.7. The first-order valence-electron chi connectivity index (χ1n) is 25.9. The SMILES string of the molecule is C=C(c1ccccc1)N(C)C(/N=C(\C)C1=C=C=CC(C2(c3ccccc3)c3c#cccc3C3(c4ccccc4)c4ccccc4-c4cccc2c43)=C1)c1ccc(-c2ccccc2)cc1.CC.CC.CC.CC. The first-order valence-corrected chi connectivity index (χ1v) is 25.9. The minimum atomic E-state index is -0.786. The van der Waals surface area contributed by atoms with Crippen LogP contribution in [0.2, 0.25) is 0 Å². The monoisotopic (exact) mass is 937 g/mol. The number of fused-ring (bicyclic) bond motifs is 5. The lowest BCUT2D eigenvalue weighted by Gasteiger charge is -2.49. The Balaban J connectivity index is 0.000000907. The second kappa shape index (κ2) is 23.6. The zero-order valence-electron chi connectivity index (χ0n) is 43.9. The summed E-state index contributed by atoms with van der Waals surface area (Å²) in [6.45, 7) is 22.7. The molecule has 0 bridgehead atoms. The van der Waals surface area contributed by atoms with Crippen LogP contribution >= 0.6 is 0 Å². The summed E-state index contributed by atoms with van der Waals surface area (Å²) in [6, 6.07) is 78.9. The van der Waals surface area contributed by atoms with Gasteiger partial charge < -0.3 is 4.90 Å². The van der Waals surface area contributed by atoms with Gasteiger partial charge in [0, 0.05) is 23.9 Å². The van der Waals surface area contributed by atoms with Gasteiger partial charge in [0.2, 0.25) is 0 Å². The summed E-state index contributed by atoms with van der Waals surface area (Å²) in [6.07, 6.45) is 4.03. The summed E-state index contributed by atoms with van der Waals surface area (Å²) < 4.78 is 0. The third-order valence-electron chi connectivity index (χ3n) is 13.5. The van der Waals surface area contributed by atoms with Gasteiger partial charge in [0.15, 0.2) is 0 Å². The van der Waals surface area contributed by atoms with Crippen LogP contribution in [-0.2, 0) is 10.8 Å². The van der Waals surface area contributed by atoms with Crippen molar-refractivity contribution < 1.29 is 0 Å². The first-order chi connectivity index (χ1) is 35.5. The second-order valence-corrected chi connectivity index (χ2v) is 16.8. The molecule has 72 heavy (non-hydrogen) atoms. The Hall–Kier alpha value is -8.17. The van der Waals surface area contributed by atoms with E-state index in [0.717, 1.165) is 50.4 Å². The van der Waals surface area contributed by atoms with E-state index < -0.39 is 10.8 Å². The normalized spacial score (nSPS) is 16.4. The number of allylic oxidation sites excluding steroid dienone is 4. The molecule has 0 radical (unpaired) electrons. The Bertz CT molecular complexity index is 3260. The van der Waals surface area contributed by atoms with Gasteiger partial charge in [0.1, 0.15) is 6.17 Å². The fourth-order valence-corrected chi connectivity index (χ4v) is 10.6. The summed E-state index contributed by atoms with van der Waals surface area (Å²) in [4.78, 5) is 7.74. The van der Waals surface area contributed by atoms with Crippen LogP contribution in [0.3, 0.4) is 0 Å². The fourth-order valence-electron chi connectivity index (χ4n) is 10.6. The van der Waals surface area contributed by atoms with Gasteiger partial charge in [-0.25, -0.2) is 0 Å². The van der Waals surface area contributed by atoms with E-state index in [1.165, 1.54) is 44.5 Å². The van der Waals surface area contributed by atoms with Gasteiger partial charge in [-0.05, 0) is 104 Å². The van der Waals surface area contributed by atoms with Crippen molar-refractivity contribution in [2.45, 2.75) is 79.3 Å². The van der Waals surface area contributed by atoms with Crippen LogP contribution in [0.4, 0.5) is 0 Å². The third-order valence-corrected chi connectivity index (χ3v) is 13.5. The average molecular weight is 937 g/mol. The molecule has 3 atom stereocenters. The van der Waals surface area contributed by atoms with Crippen molar-refractivity contribution in [3.63, 3.8) is 0 Å². The lowest BCUT2D eigenvalue weighted by atomic mass is 9.51. The van der Waals surface area contributed by atoms with Crippen molar-refractivity contribution in [3.05, 3.63) is 304 Å². The van der Waals surface area contributed by atoms with E-state index in [0.29, 0.717) is 0 Å². The molecule has 8 aromatic carbocycles. The maximum absolute atomic E-state index is 5.57. The maximum Gasteiger partial charge on any atom is 0.147 e. The Kier molecular flexibility index (Phi) is 17.0. The van der Waals surface area contributed by atoms with Crippen LogP contribution in [0.1, 0.15) is 119 Å². The predicted octanol–water partition coefficient (Wildman–Crippen LogP) is 18.0. The van der Waals surface area contributed by atoms with E-state index in [-0.39, 0.29) is 6.17 Å². The molecular weight excluding hydrogens is 869 g/mol. The maximum atomic E-state index is 5.57. The highest BCUT2D eigenvalue weighted by Gasteiger charge is 2.58. The standard InChI is InChI=1S/C62H44N2.4C2H6/c1-43(63-60(64(3)44(2)45-22-8-4-9-23-45)48-40-38-47(39-41-48)46-24-10-5-11-25-46)49-26-20-31-52(42-49)61(50-27-12-6-13-28-50)56-35-18-19-36-57(56)62(51-29-14-7-15-30-51)55-34-17-16-32-53(55)54-33-21-37-58(61)59(54)62;4*1-2/h4-17,19,21-25,27-34,36-42,60H,2H2,1,3H3;4*1-2H3/b63-43+;;;;. The molecule has 3 aliphatic rings. The molecule has 0 N–H and O–H groups in total. The number of rotatable bonds is 10. The summed E-state index contributed by atoms with van der Waals surface area (Å²) in [7, 11) is 2.08. The van der Waals surface area contributed by atoms with Crippen molar-refractivity contribution in [2.75, 3.05) is 7.05 Å². The summed E-state index contributed by atoms with van der Waals surface area (Å²) >= 11 is 0. The Labute approximate surface area is 431 Å². The molecule has 3 aliphatic carbocycles. The highest BCUT2D eigenvalue weighted by Crippen LogP contribution is 2.65. The largest absolute Gasteiger partial charge is 0.349 e. The quantitative estimate of drug-likeness (QED) is 0.0985. The number of hydrogen-bond donors (Lipinski definition) is 0.